The summed E-state index contributed by atoms with van der Waals surface area (Å²) in [4.78, 5) is 6.76. The van der Waals surface area contributed by atoms with Gasteiger partial charge in [-0.3, -0.25) is 4.55 Å². The van der Waals surface area contributed by atoms with Crippen LogP contribution in [0.25, 0.3) is 11.0 Å². The van der Waals surface area contributed by atoms with E-state index in [2.05, 4.69) is 16.9 Å². The molecule has 0 atom stereocenters. The van der Waals surface area contributed by atoms with Crippen LogP contribution in [0, 0.1) is 0 Å². The number of H-pyrrole nitrogens is 1. The van der Waals surface area contributed by atoms with Crippen molar-refractivity contribution in [1.29, 1.82) is 0 Å². The molecule has 0 amide bonds. The van der Waals surface area contributed by atoms with Crippen LogP contribution in [-0.2, 0) is 16.5 Å². The van der Waals surface area contributed by atoms with Crippen molar-refractivity contribution in [2.75, 3.05) is 0 Å². The number of imidazole rings is 1. The van der Waals surface area contributed by atoms with E-state index in [9.17, 15) is 13.0 Å². The summed E-state index contributed by atoms with van der Waals surface area (Å²) in [5, 5.41) is -0.374. The summed E-state index contributed by atoms with van der Waals surface area (Å²) in [6.45, 7) is 2.27. The van der Waals surface area contributed by atoms with Gasteiger partial charge in [0.1, 0.15) is 0 Å². The smallest absolute Gasteiger partial charge is 0.327 e. The van der Waals surface area contributed by atoms with Gasteiger partial charge >= 0.3 is 10.1 Å². The number of aromatic nitrogens is 2. The fraction of sp³-hybridized carbons (Fsp3) is 0.708. The molecule has 0 aliphatic carbocycles. The molecule has 30 heavy (non-hydrogen) atoms. The largest absolute Gasteiger partial charge is 0.328 e. The second-order valence-electron chi connectivity index (χ2n) is 8.53. The summed E-state index contributed by atoms with van der Waals surface area (Å²) < 4.78 is 31.7. The maximum absolute atomic E-state index is 11.3. The van der Waals surface area contributed by atoms with Crippen LogP contribution in [0.2, 0.25) is 0 Å². The normalized spacial score (nSPS) is 12.1. The maximum Gasteiger partial charge on any atom is 0.328 e. The summed E-state index contributed by atoms with van der Waals surface area (Å²) in [7, 11) is -4.30. The molecule has 2 N–H and O–H groups in total. The average Bonchev–Trinajstić information content (AvgIpc) is 3.16. The van der Waals surface area contributed by atoms with E-state index in [1.54, 1.807) is 6.07 Å². The van der Waals surface area contributed by atoms with Gasteiger partial charge in [0.2, 0.25) is 0 Å². The van der Waals surface area contributed by atoms with Crippen molar-refractivity contribution in [2.24, 2.45) is 0 Å². The lowest BCUT2D eigenvalue weighted by molar-refractivity contribution is 0.476. The minimum Gasteiger partial charge on any atom is -0.327 e. The van der Waals surface area contributed by atoms with E-state index in [1.165, 1.54) is 89.9 Å². The second-order valence-corrected chi connectivity index (χ2v) is 9.87. The highest BCUT2D eigenvalue weighted by atomic mass is 32.2. The first-order chi connectivity index (χ1) is 14.5. The lowest BCUT2D eigenvalue weighted by atomic mass is 10.0. The number of aromatic amines is 1. The fourth-order valence-corrected chi connectivity index (χ4v) is 4.53. The van der Waals surface area contributed by atoms with E-state index in [0.29, 0.717) is 11.0 Å². The molecule has 170 valence electrons. The van der Waals surface area contributed by atoms with Crippen LogP contribution in [0.1, 0.15) is 109 Å². The van der Waals surface area contributed by atoms with Crippen LogP contribution in [-0.4, -0.2) is 22.9 Å². The molecule has 1 aromatic heterocycles. The molecule has 5 nitrogen and oxygen atoms in total. The molecule has 0 unspecified atom stereocenters. The Morgan fingerprint density at radius 1 is 0.800 bits per heavy atom. The van der Waals surface area contributed by atoms with Crippen LogP contribution in [0.15, 0.2) is 23.4 Å². The molecule has 0 fully saturated rings. The Balaban J connectivity index is 1.51. The molecule has 1 aromatic carbocycles. The number of benzene rings is 1. The van der Waals surface area contributed by atoms with Crippen molar-refractivity contribution in [1.82, 2.24) is 9.97 Å². The van der Waals surface area contributed by atoms with Crippen LogP contribution in [0.3, 0.4) is 0 Å². The minimum absolute atomic E-state index is 0.374. The number of hydrogen-bond acceptors (Lipinski definition) is 3. The van der Waals surface area contributed by atoms with Gasteiger partial charge in [0.25, 0.3) is 5.16 Å². The Labute approximate surface area is 182 Å². The van der Waals surface area contributed by atoms with E-state index in [0.717, 1.165) is 18.4 Å². The lowest BCUT2D eigenvalue weighted by Crippen LogP contribution is -1.99. The molecule has 0 radical (unpaired) electrons. The predicted molar refractivity (Wildman–Crippen MR) is 125 cm³/mol. The van der Waals surface area contributed by atoms with Gasteiger partial charge in [-0.1, -0.05) is 109 Å². The number of rotatable bonds is 17. The number of nitrogens with one attached hydrogen (secondary N) is 1. The van der Waals surface area contributed by atoms with Gasteiger partial charge in [0.15, 0.2) is 0 Å². The molecular weight excluding hydrogens is 396 g/mol. The molecule has 2 rings (SSSR count). The second kappa shape index (κ2) is 13.8. The molecular formula is C24H40N2O3S. The van der Waals surface area contributed by atoms with Crippen LogP contribution < -0.4 is 0 Å². The first-order valence-electron chi connectivity index (χ1n) is 12.0. The highest BCUT2D eigenvalue weighted by Crippen LogP contribution is 2.21. The molecule has 1 heterocycles. The fourth-order valence-electron chi connectivity index (χ4n) is 4.08. The van der Waals surface area contributed by atoms with Gasteiger partial charge in [-0.25, -0.2) is 4.98 Å². The van der Waals surface area contributed by atoms with E-state index in [1.807, 2.05) is 12.1 Å². The van der Waals surface area contributed by atoms with Crippen LogP contribution >= 0.6 is 0 Å². The summed E-state index contributed by atoms with van der Waals surface area (Å²) >= 11 is 0. The average molecular weight is 437 g/mol. The van der Waals surface area contributed by atoms with Gasteiger partial charge in [-0.05, 0) is 24.5 Å². The van der Waals surface area contributed by atoms with Crippen molar-refractivity contribution in [3.05, 3.63) is 23.8 Å². The maximum atomic E-state index is 11.3. The monoisotopic (exact) mass is 436 g/mol. The summed E-state index contributed by atoms with van der Waals surface area (Å²) in [5.74, 6) is 0. The number of para-hydroxylation sites is 1. The van der Waals surface area contributed by atoms with Gasteiger partial charge in [-0.2, -0.15) is 8.42 Å². The highest BCUT2D eigenvalue weighted by Gasteiger charge is 2.16. The Morgan fingerprint density at radius 3 is 1.80 bits per heavy atom. The molecule has 0 saturated carbocycles. The topological polar surface area (TPSA) is 83.0 Å². The van der Waals surface area contributed by atoms with Crippen molar-refractivity contribution in [3.8, 4) is 0 Å². The van der Waals surface area contributed by atoms with E-state index >= 15 is 0 Å². The Morgan fingerprint density at radius 2 is 1.30 bits per heavy atom. The molecule has 0 aliphatic heterocycles. The van der Waals surface area contributed by atoms with Gasteiger partial charge in [0.05, 0.1) is 11.0 Å². The quantitative estimate of drug-likeness (QED) is 0.202. The number of aryl methyl sites for hydroxylation is 1. The molecule has 0 bridgehead atoms. The third kappa shape index (κ3) is 9.17. The number of hydrogen-bond donors (Lipinski definition) is 2. The standard InChI is InChI=1S/C24H40N2O3S/c1-2-3-4-5-6-7-8-9-10-11-12-13-14-15-16-18-21-19-17-20-22-23(21)26-24(25-22)30(27,28)29/h17,19-20H,2-16,18H2,1H3,(H,25,26)(H,27,28,29). The number of nitrogens with zero attached hydrogens (tertiary/aromatic N) is 1. The lowest BCUT2D eigenvalue weighted by Gasteiger charge is -2.04. The zero-order chi connectivity index (χ0) is 21.7. The zero-order valence-corrected chi connectivity index (χ0v) is 19.5. The number of unbranched alkanes of at least 4 members (excludes halogenated alkanes) is 14. The highest BCUT2D eigenvalue weighted by molar-refractivity contribution is 7.85. The molecule has 2 aromatic rings. The van der Waals surface area contributed by atoms with Gasteiger partial charge in [-0.15, -0.1) is 0 Å². The van der Waals surface area contributed by atoms with E-state index in [-0.39, 0.29) is 5.16 Å². The van der Waals surface area contributed by atoms with Crippen molar-refractivity contribution >= 4 is 21.2 Å². The van der Waals surface area contributed by atoms with Gasteiger partial charge in [0, 0.05) is 0 Å². The molecule has 0 saturated heterocycles. The summed E-state index contributed by atoms with van der Waals surface area (Å²) in [5.41, 5.74) is 2.34. The Kier molecular flexibility index (Phi) is 11.4. The first-order valence-corrected chi connectivity index (χ1v) is 13.4. The summed E-state index contributed by atoms with van der Waals surface area (Å²) in [6.07, 6.45) is 21.0. The third-order valence-corrected chi connectivity index (χ3v) is 6.55. The van der Waals surface area contributed by atoms with Crippen molar-refractivity contribution in [3.63, 3.8) is 0 Å². The van der Waals surface area contributed by atoms with E-state index < -0.39 is 10.1 Å². The summed E-state index contributed by atoms with van der Waals surface area (Å²) in [6, 6.07) is 5.67. The van der Waals surface area contributed by atoms with Crippen LogP contribution in [0.4, 0.5) is 0 Å². The molecule has 0 aliphatic rings. The van der Waals surface area contributed by atoms with Crippen molar-refractivity contribution < 1.29 is 13.0 Å². The number of fused-ring (bicyclic) bond motifs is 1. The molecule has 6 heteroatoms. The SMILES string of the molecule is CCCCCCCCCCCCCCCCCc1cccc2[nH]c(S(=O)(=O)O)nc12. The Hall–Kier alpha value is -1.40. The predicted octanol–water partition coefficient (Wildman–Crippen LogP) is 7.22. The van der Waals surface area contributed by atoms with Crippen molar-refractivity contribution in [2.45, 2.75) is 115 Å². The van der Waals surface area contributed by atoms with Crippen LogP contribution in [0.5, 0.6) is 0 Å². The molecule has 0 spiro atoms. The Bertz CT molecular complexity index is 830. The van der Waals surface area contributed by atoms with E-state index in [4.69, 9.17) is 0 Å². The minimum atomic E-state index is -4.30. The van der Waals surface area contributed by atoms with Gasteiger partial charge < -0.3 is 4.98 Å². The first kappa shape index (κ1) is 24.9. The zero-order valence-electron chi connectivity index (χ0n) is 18.7. The third-order valence-electron chi connectivity index (χ3n) is 5.87.